The van der Waals surface area contributed by atoms with E-state index in [2.05, 4.69) is 41.1 Å². The fraction of sp³-hybridized carbons (Fsp3) is 0.632. The number of hydrogen-bond donors (Lipinski definition) is 2. The average molecular weight is 333 g/mol. The molecule has 1 atom stereocenters. The van der Waals surface area contributed by atoms with Crippen molar-refractivity contribution in [1.82, 2.24) is 15.1 Å². The van der Waals surface area contributed by atoms with Gasteiger partial charge in [0.2, 0.25) is 5.91 Å². The van der Waals surface area contributed by atoms with E-state index >= 15 is 0 Å². The molecule has 1 aromatic carbocycles. The van der Waals surface area contributed by atoms with E-state index in [1.54, 1.807) is 0 Å². The Morgan fingerprint density at radius 3 is 2.58 bits per heavy atom. The number of rotatable bonds is 8. The van der Waals surface area contributed by atoms with Crippen LogP contribution in [0.1, 0.15) is 24.5 Å². The molecule has 0 aliphatic carbocycles. The predicted octanol–water partition coefficient (Wildman–Crippen LogP) is 1.04. The molecule has 1 aliphatic heterocycles. The molecular weight excluding hydrogens is 302 g/mol. The zero-order valence-corrected chi connectivity index (χ0v) is 15.0. The number of aliphatic hydroxyl groups is 1. The molecule has 5 nitrogen and oxygen atoms in total. The molecule has 1 saturated heterocycles. The Morgan fingerprint density at radius 2 is 1.96 bits per heavy atom. The highest BCUT2D eigenvalue weighted by atomic mass is 16.3. The minimum absolute atomic E-state index is 0.103. The highest BCUT2D eigenvalue weighted by Crippen LogP contribution is 2.09. The van der Waals surface area contributed by atoms with E-state index < -0.39 is 0 Å². The van der Waals surface area contributed by atoms with Crippen LogP contribution in [0.2, 0.25) is 0 Å². The zero-order valence-electron chi connectivity index (χ0n) is 15.0. The molecule has 1 fully saturated rings. The lowest BCUT2D eigenvalue weighted by Gasteiger charge is -2.38. The van der Waals surface area contributed by atoms with Crippen molar-refractivity contribution in [3.63, 3.8) is 0 Å². The summed E-state index contributed by atoms with van der Waals surface area (Å²) in [6, 6.07) is 8.56. The van der Waals surface area contributed by atoms with Crippen LogP contribution in [-0.2, 0) is 11.2 Å². The smallest absolute Gasteiger partial charge is 0.234 e. The predicted molar refractivity (Wildman–Crippen MR) is 97.1 cm³/mol. The van der Waals surface area contributed by atoms with Crippen LogP contribution < -0.4 is 5.32 Å². The molecule has 134 valence electrons. The molecule has 0 saturated carbocycles. The number of benzene rings is 1. The second-order valence-corrected chi connectivity index (χ2v) is 6.58. The van der Waals surface area contributed by atoms with E-state index in [1.807, 2.05) is 12.1 Å². The summed E-state index contributed by atoms with van der Waals surface area (Å²) in [5.41, 5.74) is 2.57. The van der Waals surface area contributed by atoms with E-state index in [0.29, 0.717) is 13.1 Å². The van der Waals surface area contributed by atoms with Crippen molar-refractivity contribution in [1.29, 1.82) is 0 Å². The monoisotopic (exact) mass is 333 g/mol. The van der Waals surface area contributed by atoms with Gasteiger partial charge in [0.15, 0.2) is 0 Å². The van der Waals surface area contributed by atoms with Gasteiger partial charge in [-0.3, -0.25) is 14.6 Å². The van der Waals surface area contributed by atoms with E-state index in [-0.39, 0.29) is 18.6 Å². The summed E-state index contributed by atoms with van der Waals surface area (Å²) in [5.74, 6) is 0.103. The molecule has 1 aliphatic rings. The number of nitrogens with zero attached hydrogens (tertiary/aromatic N) is 2. The van der Waals surface area contributed by atoms with Gasteiger partial charge in [0.1, 0.15) is 0 Å². The summed E-state index contributed by atoms with van der Waals surface area (Å²) < 4.78 is 0. The minimum Gasteiger partial charge on any atom is -0.395 e. The summed E-state index contributed by atoms with van der Waals surface area (Å²) >= 11 is 0. The summed E-state index contributed by atoms with van der Waals surface area (Å²) in [7, 11) is 0. The summed E-state index contributed by atoms with van der Waals surface area (Å²) in [6.45, 7) is 9.22. The third-order valence-electron chi connectivity index (χ3n) is 4.95. The molecule has 2 rings (SSSR count). The first-order chi connectivity index (χ1) is 11.6. The van der Waals surface area contributed by atoms with Gasteiger partial charge >= 0.3 is 0 Å². The number of carbonyl (C=O) groups is 1. The highest BCUT2D eigenvalue weighted by molar-refractivity contribution is 5.78. The van der Waals surface area contributed by atoms with Gasteiger partial charge in [0.05, 0.1) is 13.2 Å². The molecule has 1 aromatic rings. The Hall–Kier alpha value is -1.43. The number of aryl methyl sites for hydroxylation is 1. The first kappa shape index (κ1) is 18.9. The van der Waals surface area contributed by atoms with Crippen molar-refractivity contribution in [3.8, 4) is 0 Å². The summed E-state index contributed by atoms with van der Waals surface area (Å²) in [4.78, 5) is 16.6. The fourth-order valence-electron chi connectivity index (χ4n) is 3.28. The van der Waals surface area contributed by atoms with Gasteiger partial charge in [-0.05, 0) is 30.9 Å². The second-order valence-electron chi connectivity index (χ2n) is 6.58. The topological polar surface area (TPSA) is 55.8 Å². The Kier molecular flexibility index (Phi) is 7.69. The lowest BCUT2D eigenvalue weighted by atomic mass is 10.1. The molecule has 5 heteroatoms. The number of nitrogens with one attached hydrogen (secondary N) is 1. The van der Waals surface area contributed by atoms with Crippen molar-refractivity contribution in [2.24, 2.45) is 0 Å². The van der Waals surface area contributed by atoms with Crippen molar-refractivity contribution in [2.75, 3.05) is 45.9 Å². The van der Waals surface area contributed by atoms with Gasteiger partial charge in [-0.15, -0.1) is 0 Å². The van der Waals surface area contributed by atoms with Crippen molar-refractivity contribution in [2.45, 2.75) is 32.7 Å². The van der Waals surface area contributed by atoms with E-state index in [4.69, 9.17) is 0 Å². The molecule has 1 unspecified atom stereocenters. The van der Waals surface area contributed by atoms with Crippen molar-refractivity contribution in [3.05, 3.63) is 35.4 Å². The standard InChI is InChI=1S/C19H31N3O2/c1-3-18(15-23)22-12-10-21(11-13-22)14-19(24)20-9-8-17-7-5-4-6-16(17)2/h4-7,18,23H,3,8-15H2,1-2H3,(H,20,24). The first-order valence-electron chi connectivity index (χ1n) is 9.02. The van der Waals surface area contributed by atoms with Gasteiger partial charge in [0.25, 0.3) is 0 Å². The van der Waals surface area contributed by atoms with Crippen LogP contribution in [0.15, 0.2) is 24.3 Å². The molecule has 24 heavy (non-hydrogen) atoms. The molecule has 0 bridgehead atoms. The number of piperazine rings is 1. The maximum Gasteiger partial charge on any atom is 0.234 e. The largest absolute Gasteiger partial charge is 0.395 e. The number of amides is 1. The maximum atomic E-state index is 12.1. The Morgan fingerprint density at radius 1 is 1.25 bits per heavy atom. The molecule has 2 N–H and O–H groups in total. The maximum absolute atomic E-state index is 12.1. The zero-order chi connectivity index (χ0) is 17.4. The molecule has 0 radical (unpaired) electrons. The molecule has 0 aromatic heterocycles. The Balaban J connectivity index is 1.66. The van der Waals surface area contributed by atoms with E-state index in [1.165, 1.54) is 11.1 Å². The van der Waals surface area contributed by atoms with Gasteiger partial charge in [-0.2, -0.15) is 0 Å². The van der Waals surface area contributed by atoms with Gasteiger partial charge in [-0.1, -0.05) is 31.2 Å². The molecule has 0 spiro atoms. The Labute approximate surface area is 145 Å². The van der Waals surface area contributed by atoms with Crippen LogP contribution >= 0.6 is 0 Å². The number of hydrogen-bond acceptors (Lipinski definition) is 4. The molecule has 1 amide bonds. The molecular formula is C19H31N3O2. The van der Waals surface area contributed by atoms with Gasteiger partial charge in [0, 0.05) is 38.8 Å². The highest BCUT2D eigenvalue weighted by Gasteiger charge is 2.23. The van der Waals surface area contributed by atoms with Crippen LogP contribution in [-0.4, -0.2) is 72.7 Å². The van der Waals surface area contributed by atoms with Crippen LogP contribution in [0.3, 0.4) is 0 Å². The van der Waals surface area contributed by atoms with Crippen molar-refractivity contribution >= 4 is 5.91 Å². The van der Waals surface area contributed by atoms with E-state index in [0.717, 1.165) is 39.0 Å². The van der Waals surface area contributed by atoms with Crippen LogP contribution in [0.25, 0.3) is 0 Å². The minimum atomic E-state index is 0.103. The number of carbonyl (C=O) groups excluding carboxylic acids is 1. The summed E-state index contributed by atoms with van der Waals surface area (Å²) in [6.07, 6.45) is 1.84. The van der Waals surface area contributed by atoms with Crippen LogP contribution in [0, 0.1) is 6.92 Å². The van der Waals surface area contributed by atoms with Gasteiger partial charge in [-0.25, -0.2) is 0 Å². The Bertz CT molecular complexity index is 509. The summed E-state index contributed by atoms with van der Waals surface area (Å²) in [5, 5.41) is 12.4. The fourth-order valence-corrected chi connectivity index (χ4v) is 3.28. The van der Waals surface area contributed by atoms with E-state index in [9.17, 15) is 9.90 Å². The third-order valence-corrected chi connectivity index (χ3v) is 4.95. The average Bonchev–Trinajstić information content (AvgIpc) is 2.59. The lowest BCUT2D eigenvalue weighted by Crippen LogP contribution is -2.53. The quantitative estimate of drug-likeness (QED) is 0.746. The number of aliphatic hydroxyl groups excluding tert-OH is 1. The first-order valence-corrected chi connectivity index (χ1v) is 9.02. The van der Waals surface area contributed by atoms with Crippen molar-refractivity contribution < 1.29 is 9.90 Å². The second kappa shape index (κ2) is 9.77. The lowest BCUT2D eigenvalue weighted by molar-refractivity contribution is -0.122. The van der Waals surface area contributed by atoms with Crippen LogP contribution in [0.5, 0.6) is 0 Å². The normalized spacial score (nSPS) is 17.6. The molecule has 1 heterocycles. The van der Waals surface area contributed by atoms with Crippen LogP contribution in [0.4, 0.5) is 0 Å². The SMILES string of the molecule is CCC(CO)N1CCN(CC(=O)NCCc2ccccc2C)CC1. The third kappa shape index (κ3) is 5.58. The van der Waals surface area contributed by atoms with Gasteiger partial charge < -0.3 is 10.4 Å².